The number of rotatable bonds is 4. The van der Waals surface area contributed by atoms with Crippen molar-refractivity contribution in [2.75, 3.05) is 12.9 Å². The van der Waals surface area contributed by atoms with Crippen molar-refractivity contribution in [3.63, 3.8) is 0 Å². The Morgan fingerprint density at radius 1 is 1.46 bits per heavy atom. The summed E-state index contributed by atoms with van der Waals surface area (Å²) < 4.78 is 48.9. The van der Waals surface area contributed by atoms with Crippen molar-refractivity contribution in [2.24, 2.45) is 5.73 Å². The summed E-state index contributed by atoms with van der Waals surface area (Å²) >= 11 is 0. The smallest absolute Gasteiger partial charge is 0.338 e. The summed E-state index contributed by atoms with van der Waals surface area (Å²) in [5, 5.41) is 9.49. The Hall–Kier alpha value is -2.86. The lowest BCUT2D eigenvalue weighted by atomic mass is 9.83. The van der Waals surface area contributed by atoms with Crippen LogP contribution in [0.25, 0.3) is 0 Å². The van der Waals surface area contributed by atoms with E-state index in [0.29, 0.717) is 0 Å². The van der Waals surface area contributed by atoms with Crippen LogP contribution in [0.1, 0.15) is 25.3 Å². The van der Waals surface area contributed by atoms with E-state index in [0.717, 1.165) is 12.3 Å². The van der Waals surface area contributed by atoms with E-state index in [1.165, 1.54) is 19.1 Å². The Balaban J connectivity index is 2.86. The van der Waals surface area contributed by atoms with Crippen LogP contribution >= 0.6 is 0 Å². The number of hydrogen-bond acceptors (Lipinski definition) is 7. The standard InChI is InChI=1S/C17H17FN2O5S/c1-4-24-17(21)13-9(2)25-16(20)11(8-19)14(13)10-6-5-7-12(18)15(10)26(3,22)23/h5-7,14H,4,20H2,1-3H3. The zero-order chi connectivity index (χ0) is 19.6. The highest BCUT2D eigenvalue weighted by Crippen LogP contribution is 2.42. The van der Waals surface area contributed by atoms with Gasteiger partial charge in [0.2, 0.25) is 5.88 Å². The van der Waals surface area contributed by atoms with Gasteiger partial charge < -0.3 is 15.2 Å². The molecule has 0 bridgehead atoms. The molecule has 2 N–H and O–H groups in total. The van der Waals surface area contributed by atoms with Gasteiger partial charge in [-0.15, -0.1) is 0 Å². The molecule has 0 radical (unpaired) electrons. The molecule has 0 fully saturated rings. The third-order valence-electron chi connectivity index (χ3n) is 3.78. The number of sulfone groups is 1. The fourth-order valence-electron chi connectivity index (χ4n) is 2.81. The molecule has 1 aromatic rings. The summed E-state index contributed by atoms with van der Waals surface area (Å²) in [5.41, 5.74) is 5.36. The van der Waals surface area contributed by atoms with Gasteiger partial charge in [0.05, 0.1) is 18.1 Å². The number of carbonyl (C=O) groups is 1. The summed E-state index contributed by atoms with van der Waals surface area (Å²) in [6.45, 7) is 3.07. The Morgan fingerprint density at radius 2 is 2.12 bits per heavy atom. The van der Waals surface area contributed by atoms with Gasteiger partial charge in [-0.2, -0.15) is 5.26 Å². The molecule has 0 aliphatic carbocycles. The molecular formula is C17H17FN2O5S. The molecule has 1 aliphatic heterocycles. The number of carbonyl (C=O) groups excluding carboxylic acids is 1. The summed E-state index contributed by atoms with van der Waals surface area (Å²) in [6, 6.07) is 5.42. The first-order valence-electron chi connectivity index (χ1n) is 7.57. The van der Waals surface area contributed by atoms with Crippen LogP contribution in [-0.4, -0.2) is 27.2 Å². The quantitative estimate of drug-likeness (QED) is 0.792. The minimum Gasteiger partial charge on any atom is -0.463 e. The van der Waals surface area contributed by atoms with Crippen LogP contribution in [-0.2, 0) is 24.1 Å². The maximum Gasteiger partial charge on any atom is 0.338 e. The van der Waals surface area contributed by atoms with Crippen LogP contribution in [0.4, 0.5) is 4.39 Å². The van der Waals surface area contributed by atoms with E-state index in [1.807, 2.05) is 6.07 Å². The van der Waals surface area contributed by atoms with Crippen molar-refractivity contribution in [3.8, 4) is 6.07 Å². The Bertz CT molecular complexity index is 973. The molecule has 2 rings (SSSR count). The molecule has 0 spiro atoms. The van der Waals surface area contributed by atoms with Gasteiger partial charge in [0.15, 0.2) is 9.84 Å². The molecule has 26 heavy (non-hydrogen) atoms. The number of halogens is 1. The lowest BCUT2D eigenvalue weighted by Crippen LogP contribution is -2.26. The normalized spacial score (nSPS) is 17.6. The highest BCUT2D eigenvalue weighted by molar-refractivity contribution is 7.90. The summed E-state index contributed by atoms with van der Waals surface area (Å²) in [6.07, 6.45) is 0.841. The van der Waals surface area contributed by atoms with E-state index in [-0.39, 0.29) is 35.0 Å². The average Bonchev–Trinajstić information content (AvgIpc) is 2.52. The first kappa shape index (κ1) is 19.5. The van der Waals surface area contributed by atoms with E-state index >= 15 is 0 Å². The van der Waals surface area contributed by atoms with Crippen LogP contribution in [0.15, 0.2) is 45.9 Å². The fourth-order valence-corrected chi connectivity index (χ4v) is 3.85. The number of hydrogen-bond donors (Lipinski definition) is 1. The minimum atomic E-state index is -4.00. The molecule has 7 nitrogen and oxygen atoms in total. The van der Waals surface area contributed by atoms with Gasteiger partial charge in [-0.05, 0) is 25.5 Å². The highest BCUT2D eigenvalue weighted by atomic mass is 32.2. The predicted octanol–water partition coefficient (Wildman–Crippen LogP) is 1.87. The van der Waals surface area contributed by atoms with Crippen molar-refractivity contribution >= 4 is 15.8 Å². The second-order valence-electron chi connectivity index (χ2n) is 5.55. The number of allylic oxidation sites excluding steroid dienone is 2. The summed E-state index contributed by atoms with van der Waals surface area (Å²) in [5.74, 6) is -3.26. The number of benzene rings is 1. The van der Waals surface area contributed by atoms with Crippen molar-refractivity contribution in [1.29, 1.82) is 5.26 Å². The third-order valence-corrected chi connectivity index (χ3v) is 4.95. The van der Waals surface area contributed by atoms with Crippen LogP contribution in [0.2, 0.25) is 0 Å². The second kappa shape index (κ2) is 7.17. The molecule has 0 amide bonds. The molecule has 1 atom stereocenters. The number of nitrogens with two attached hydrogens (primary N) is 1. The molecule has 1 unspecified atom stereocenters. The Kier molecular flexibility index (Phi) is 5.37. The van der Waals surface area contributed by atoms with Gasteiger partial charge in [0.1, 0.15) is 28.1 Å². The van der Waals surface area contributed by atoms with Crippen LogP contribution < -0.4 is 5.73 Å². The Labute approximate surface area is 150 Å². The fraction of sp³-hybridized carbons (Fsp3) is 0.294. The van der Waals surface area contributed by atoms with E-state index < -0.39 is 32.4 Å². The van der Waals surface area contributed by atoms with E-state index in [2.05, 4.69) is 0 Å². The monoisotopic (exact) mass is 380 g/mol. The second-order valence-corrected chi connectivity index (χ2v) is 7.50. The molecule has 1 heterocycles. The Morgan fingerprint density at radius 3 is 2.65 bits per heavy atom. The third kappa shape index (κ3) is 3.41. The minimum absolute atomic E-state index is 0.0471. The maximum absolute atomic E-state index is 14.3. The van der Waals surface area contributed by atoms with Crippen molar-refractivity contribution < 1.29 is 27.1 Å². The van der Waals surface area contributed by atoms with E-state index in [9.17, 15) is 22.9 Å². The first-order valence-corrected chi connectivity index (χ1v) is 9.46. The van der Waals surface area contributed by atoms with Crippen molar-refractivity contribution in [2.45, 2.75) is 24.7 Å². The topological polar surface area (TPSA) is 119 Å². The molecule has 9 heteroatoms. The summed E-state index contributed by atoms with van der Waals surface area (Å²) in [4.78, 5) is 11.8. The van der Waals surface area contributed by atoms with Crippen LogP contribution in [0.5, 0.6) is 0 Å². The lowest BCUT2D eigenvalue weighted by Gasteiger charge is -2.28. The molecule has 0 saturated heterocycles. The molecule has 0 aromatic heterocycles. The zero-order valence-corrected chi connectivity index (χ0v) is 15.2. The highest BCUT2D eigenvalue weighted by Gasteiger charge is 2.39. The van der Waals surface area contributed by atoms with Gasteiger partial charge in [-0.1, -0.05) is 12.1 Å². The summed E-state index contributed by atoms with van der Waals surface area (Å²) in [7, 11) is -4.00. The average molecular weight is 380 g/mol. The zero-order valence-electron chi connectivity index (χ0n) is 14.4. The maximum atomic E-state index is 14.3. The van der Waals surface area contributed by atoms with Crippen molar-refractivity contribution in [1.82, 2.24) is 0 Å². The molecule has 0 saturated carbocycles. The number of esters is 1. The molecule has 138 valence electrons. The van der Waals surface area contributed by atoms with Crippen LogP contribution in [0, 0.1) is 17.1 Å². The number of nitrogens with zero attached hydrogens (tertiary/aromatic N) is 1. The molecule has 1 aliphatic rings. The van der Waals surface area contributed by atoms with Gasteiger partial charge in [0.25, 0.3) is 0 Å². The molecular weight excluding hydrogens is 363 g/mol. The lowest BCUT2D eigenvalue weighted by molar-refractivity contribution is -0.139. The van der Waals surface area contributed by atoms with Gasteiger partial charge >= 0.3 is 5.97 Å². The largest absolute Gasteiger partial charge is 0.463 e. The SMILES string of the molecule is CCOC(=O)C1=C(C)OC(N)=C(C#N)C1c1cccc(F)c1S(C)(=O)=O. The van der Waals surface area contributed by atoms with Gasteiger partial charge in [-0.3, -0.25) is 0 Å². The van der Waals surface area contributed by atoms with Gasteiger partial charge in [0, 0.05) is 6.26 Å². The van der Waals surface area contributed by atoms with E-state index in [1.54, 1.807) is 6.92 Å². The predicted molar refractivity (Wildman–Crippen MR) is 89.5 cm³/mol. The van der Waals surface area contributed by atoms with Crippen LogP contribution in [0.3, 0.4) is 0 Å². The first-order chi connectivity index (χ1) is 12.1. The number of nitriles is 1. The van der Waals surface area contributed by atoms with Gasteiger partial charge in [-0.25, -0.2) is 17.6 Å². The van der Waals surface area contributed by atoms with Crippen molar-refractivity contribution in [3.05, 3.63) is 52.4 Å². The molecule has 1 aromatic carbocycles. The number of ether oxygens (including phenoxy) is 2. The van der Waals surface area contributed by atoms with E-state index in [4.69, 9.17) is 15.2 Å².